The Balaban J connectivity index is 1.73. The van der Waals surface area contributed by atoms with Gasteiger partial charge in [-0.3, -0.25) is 4.79 Å². The van der Waals surface area contributed by atoms with Gasteiger partial charge in [0.1, 0.15) is 17.4 Å². The van der Waals surface area contributed by atoms with Crippen molar-refractivity contribution >= 4 is 5.91 Å². The number of nitrogens with one attached hydrogen (secondary N) is 1. The summed E-state index contributed by atoms with van der Waals surface area (Å²) in [6.07, 6.45) is -0.973. The zero-order valence-electron chi connectivity index (χ0n) is 13.7. The van der Waals surface area contributed by atoms with E-state index in [1.54, 1.807) is 19.2 Å². The van der Waals surface area contributed by atoms with Crippen molar-refractivity contribution in [3.05, 3.63) is 65.2 Å². The van der Waals surface area contributed by atoms with E-state index in [0.717, 1.165) is 29.5 Å². The fourth-order valence-electron chi connectivity index (χ4n) is 2.07. The van der Waals surface area contributed by atoms with Crippen LogP contribution in [0.1, 0.15) is 15.9 Å². The number of ether oxygens (including phenoxy) is 2. The molecule has 1 atom stereocenters. The van der Waals surface area contributed by atoms with Gasteiger partial charge in [0.15, 0.2) is 0 Å². The van der Waals surface area contributed by atoms with Crippen LogP contribution in [-0.2, 0) is 11.3 Å². The lowest BCUT2D eigenvalue weighted by Crippen LogP contribution is -2.35. The van der Waals surface area contributed by atoms with E-state index in [4.69, 9.17) is 9.47 Å². The van der Waals surface area contributed by atoms with E-state index in [1.807, 2.05) is 12.1 Å². The quantitative estimate of drug-likeness (QED) is 0.766. The molecule has 0 spiro atoms. The lowest BCUT2D eigenvalue weighted by molar-refractivity contribution is 0.0285. The molecule has 0 aliphatic rings. The predicted octanol–water partition coefficient (Wildman–Crippen LogP) is 2.28. The monoisotopic (exact) mass is 351 g/mol. The molecule has 2 N–H and O–H groups in total. The van der Waals surface area contributed by atoms with Gasteiger partial charge in [-0.05, 0) is 35.9 Å². The number of halogens is 2. The highest BCUT2D eigenvalue weighted by molar-refractivity contribution is 5.94. The van der Waals surface area contributed by atoms with Crippen molar-refractivity contribution in [1.29, 1.82) is 0 Å². The van der Waals surface area contributed by atoms with Crippen molar-refractivity contribution < 1.29 is 28.2 Å². The molecule has 0 saturated carbocycles. The van der Waals surface area contributed by atoms with Crippen LogP contribution in [0.15, 0.2) is 42.5 Å². The van der Waals surface area contributed by atoms with E-state index < -0.39 is 29.2 Å². The van der Waals surface area contributed by atoms with Gasteiger partial charge in [-0.15, -0.1) is 0 Å². The van der Waals surface area contributed by atoms with E-state index in [0.29, 0.717) is 0 Å². The third-order valence-electron chi connectivity index (χ3n) is 3.41. The lowest BCUT2D eigenvalue weighted by atomic mass is 10.2. The minimum atomic E-state index is -0.973. The summed E-state index contributed by atoms with van der Waals surface area (Å²) < 4.78 is 36.9. The minimum absolute atomic E-state index is 0.0159. The number of benzene rings is 2. The minimum Gasteiger partial charge on any atom is -0.497 e. The molecule has 134 valence electrons. The summed E-state index contributed by atoms with van der Waals surface area (Å²) in [5.74, 6) is -1.61. The Labute approximate surface area is 144 Å². The van der Waals surface area contributed by atoms with Gasteiger partial charge >= 0.3 is 0 Å². The van der Waals surface area contributed by atoms with Crippen LogP contribution >= 0.6 is 0 Å². The molecule has 0 aliphatic carbocycles. The largest absolute Gasteiger partial charge is 0.497 e. The van der Waals surface area contributed by atoms with Crippen LogP contribution in [0, 0.1) is 11.6 Å². The fourth-order valence-corrected chi connectivity index (χ4v) is 2.07. The molecule has 25 heavy (non-hydrogen) atoms. The Kier molecular flexibility index (Phi) is 6.85. The Morgan fingerprint density at radius 2 is 1.92 bits per heavy atom. The molecule has 0 aliphatic heterocycles. The van der Waals surface area contributed by atoms with Crippen molar-refractivity contribution in [2.45, 2.75) is 12.7 Å². The molecule has 0 saturated heterocycles. The molecule has 1 unspecified atom stereocenters. The van der Waals surface area contributed by atoms with Crippen LogP contribution in [0.5, 0.6) is 5.75 Å². The van der Waals surface area contributed by atoms with E-state index in [1.165, 1.54) is 0 Å². The van der Waals surface area contributed by atoms with Gasteiger partial charge < -0.3 is 19.9 Å². The third-order valence-corrected chi connectivity index (χ3v) is 3.41. The Hall–Kier alpha value is -2.51. The zero-order valence-corrected chi connectivity index (χ0v) is 13.7. The number of methoxy groups -OCH3 is 1. The third kappa shape index (κ3) is 5.81. The normalized spacial score (nSPS) is 11.8. The SMILES string of the molecule is COc1ccc(COCC(O)CNC(=O)c2cc(F)ccc2F)cc1. The Morgan fingerprint density at radius 1 is 1.20 bits per heavy atom. The topological polar surface area (TPSA) is 67.8 Å². The first kappa shape index (κ1) is 18.8. The van der Waals surface area contributed by atoms with Gasteiger partial charge in [-0.1, -0.05) is 12.1 Å². The van der Waals surface area contributed by atoms with E-state index in [2.05, 4.69) is 5.32 Å². The van der Waals surface area contributed by atoms with Crippen molar-refractivity contribution in [2.75, 3.05) is 20.3 Å². The average molecular weight is 351 g/mol. The van der Waals surface area contributed by atoms with E-state index in [-0.39, 0.29) is 19.8 Å². The molecule has 1 amide bonds. The second-order valence-electron chi connectivity index (χ2n) is 5.35. The summed E-state index contributed by atoms with van der Waals surface area (Å²) in [6.45, 7) is 0.128. The molecule has 5 nitrogen and oxygen atoms in total. The number of amides is 1. The molecular formula is C18H19F2NO4. The van der Waals surface area contributed by atoms with Crippen LogP contribution in [0.2, 0.25) is 0 Å². The van der Waals surface area contributed by atoms with Crippen molar-refractivity contribution in [3.63, 3.8) is 0 Å². The number of aliphatic hydroxyl groups excluding tert-OH is 1. The predicted molar refractivity (Wildman–Crippen MR) is 87.3 cm³/mol. The highest BCUT2D eigenvalue weighted by Crippen LogP contribution is 2.12. The fraction of sp³-hybridized carbons (Fsp3) is 0.278. The number of hydrogen-bond donors (Lipinski definition) is 2. The second kappa shape index (κ2) is 9.10. The summed E-state index contributed by atoms with van der Waals surface area (Å²) >= 11 is 0. The number of hydrogen-bond acceptors (Lipinski definition) is 4. The molecule has 0 radical (unpaired) electrons. The number of carbonyl (C=O) groups excluding carboxylic acids is 1. The van der Waals surface area contributed by atoms with Crippen LogP contribution in [0.4, 0.5) is 8.78 Å². The maximum atomic E-state index is 13.5. The van der Waals surface area contributed by atoms with Gasteiger partial charge in [0, 0.05) is 6.54 Å². The summed E-state index contributed by atoms with van der Waals surface area (Å²) in [4.78, 5) is 11.8. The van der Waals surface area contributed by atoms with Crippen molar-refractivity contribution in [3.8, 4) is 5.75 Å². The molecule has 2 aromatic rings. The maximum absolute atomic E-state index is 13.5. The molecule has 2 rings (SSSR count). The first-order valence-corrected chi connectivity index (χ1v) is 7.61. The van der Waals surface area contributed by atoms with Crippen LogP contribution < -0.4 is 10.1 Å². The first-order valence-electron chi connectivity index (χ1n) is 7.61. The van der Waals surface area contributed by atoms with Gasteiger partial charge in [0.05, 0.1) is 32.0 Å². The maximum Gasteiger partial charge on any atom is 0.254 e. The molecule has 0 aromatic heterocycles. The Bertz CT molecular complexity index is 707. The van der Waals surface area contributed by atoms with Gasteiger partial charge in [-0.2, -0.15) is 0 Å². The van der Waals surface area contributed by atoms with Crippen LogP contribution in [0.25, 0.3) is 0 Å². The van der Waals surface area contributed by atoms with Gasteiger partial charge in [-0.25, -0.2) is 8.78 Å². The standard InChI is InChI=1S/C18H19F2NO4/c1-24-15-5-2-12(3-6-15)10-25-11-14(22)9-21-18(23)16-8-13(19)4-7-17(16)20/h2-8,14,22H,9-11H2,1H3,(H,21,23). The zero-order chi connectivity index (χ0) is 18.2. The highest BCUT2D eigenvalue weighted by Gasteiger charge is 2.14. The molecule has 0 bridgehead atoms. The Morgan fingerprint density at radius 3 is 2.60 bits per heavy atom. The van der Waals surface area contributed by atoms with E-state index >= 15 is 0 Å². The number of rotatable bonds is 8. The van der Waals surface area contributed by atoms with Crippen LogP contribution in [0.3, 0.4) is 0 Å². The summed E-state index contributed by atoms with van der Waals surface area (Å²) in [5.41, 5.74) is 0.491. The molecule has 0 fully saturated rings. The molecule has 0 heterocycles. The number of carbonyl (C=O) groups is 1. The first-order chi connectivity index (χ1) is 12.0. The van der Waals surface area contributed by atoms with Gasteiger partial charge in [0.25, 0.3) is 5.91 Å². The smallest absolute Gasteiger partial charge is 0.254 e. The summed E-state index contributed by atoms with van der Waals surface area (Å²) in [6, 6.07) is 9.86. The van der Waals surface area contributed by atoms with Crippen molar-refractivity contribution in [1.82, 2.24) is 5.32 Å². The molecular weight excluding hydrogens is 332 g/mol. The van der Waals surface area contributed by atoms with E-state index in [9.17, 15) is 18.7 Å². The van der Waals surface area contributed by atoms with Crippen LogP contribution in [-0.4, -0.2) is 37.4 Å². The summed E-state index contributed by atoms with van der Waals surface area (Å²) in [7, 11) is 1.58. The number of aliphatic hydroxyl groups is 1. The highest BCUT2D eigenvalue weighted by atomic mass is 19.1. The average Bonchev–Trinajstić information content (AvgIpc) is 2.62. The second-order valence-corrected chi connectivity index (χ2v) is 5.35. The lowest BCUT2D eigenvalue weighted by Gasteiger charge is -2.13. The molecule has 2 aromatic carbocycles. The summed E-state index contributed by atoms with van der Waals surface area (Å²) in [5, 5.41) is 12.1. The van der Waals surface area contributed by atoms with Crippen molar-refractivity contribution in [2.24, 2.45) is 0 Å². The molecule has 7 heteroatoms. The van der Waals surface area contributed by atoms with Gasteiger partial charge in [0.2, 0.25) is 0 Å².